The molecule has 2 heterocycles. The van der Waals surface area contributed by atoms with Crippen LogP contribution >= 0.6 is 0 Å². The van der Waals surface area contributed by atoms with Crippen LogP contribution in [0.15, 0.2) is 53.4 Å². The highest BCUT2D eigenvalue weighted by Gasteiger charge is 2.35. The first-order chi connectivity index (χ1) is 15.4. The van der Waals surface area contributed by atoms with Gasteiger partial charge in [-0.1, -0.05) is 24.3 Å². The van der Waals surface area contributed by atoms with Crippen LogP contribution in [0.2, 0.25) is 0 Å². The molecule has 0 radical (unpaired) electrons. The highest BCUT2D eigenvalue weighted by molar-refractivity contribution is 7.89. The SMILES string of the molecule is O=C(C[C@@H]1CC[C@H](NS(=O)(=O)c2ccc(F)cc2)[C@@H](CO)O1)N1CCc2ccccc2C1. The van der Waals surface area contributed by atoms with E-state index in [1.165, 1.54) is 17.7 Å². The van der Waals surface area contributed by atoms with Crippen molar-refractivity contribution in [2.45, 2.75) is 55.4 Å². The molecule has 2 aliphatic heterocycles. The number of aliphatic hydroxyl groups is 1. The number of sulfonamides is 1. The summed E-state index contributed by atoms with van der Waals surface area (Å²) in [6.45, 7) is 0.857. The van der Waals surface area contributed by atoms with Gasteiger partial charge in [0, 0.05) is 13.1 Å². The number of benzene rings is 2. The third kappa shape index (κ3) is 5.17. The van der Waals surface area contributed by atoms with Crippen LogP contribution in [0.4, 0.5) is 4.39 Å². The van der Waals surface area contributed by atoms with Crippen LogP contribution in [0.1, 0.15) is 30.4 Å². The summed E-state index contributed by atoms with van der Waals surface area (Å²) in [6.07, 6.45) is 0.772. The van der Waals surface area contributed by atoms with E-state index in [2.05, 4.69) is 10.8 Å². The molecule has 7 nitrogen and oxygen atoms in total. The molecular weight excluding hydrogens is 435 g/mol. The summed E-state index contributed by atoms with van der Waals surface area (Å²) in [5.74, 6) is -0.533. The number of fused-ring (bicyclic) bond motifs is 1. The normalized spacial score (nSPS) is 23.6. The van der Waals surface area contributed by atoms with Gasteiger partial charge in [0.05, 0.1) is 36.2 Å². The van der Waals surface area contributed by atoms with Crippen molar-refractivity contribution in [2.24, 2.45) is 0 Å². The third-order valence-electron chi connectivity index (χ3n) is 6.11. The second-order valence-electron chi connectivity index (χ2n) is 8.28. The average Bonchev–Trinajstić information content (AvgIpc) is 2.79. The number of hydrogen-bond acceptors (Lipinski definition) is 5. The largest absolute Gasteiger partial charge is 0.394 e. The fourth-order valence-corrected chi connectivity index (χ4v) is 5.63. The summed E-state index contributed by atoms with van der Waals surface area (Å²) in [7, 11) is -3.89. The first-order valence-corrected chi connectivity index (χ1v) is 12.2. The van der Waals surface area contributed by atoms with Gasteiger partial charge in [-0.3, -0.25) is 4.79 Å². The zero-order valence-electron chi connectivity index (χ0n) is 17.6. The molecule has 0 aromatic heterocycles. The van der Waals surface area contributed by atoms with Crippen LogP contribution in [0.25, 0.3) is 0 Å². The molecule has 0 bridgehead atoms. The van der Waals surface area contributed by atoms with Crippen LogP contribution < -0.4 is 4.72 Å². The molecule has 1 fully saturated rings. The lowest BCUT2D eigenvalue weighted by atomic mass is 9.96. The van der Waals surface area contributed by atoms with Crippen molar-refractivity contribution in [3.8, 4) is 0 Å². The van der Waals surface area contributed by atoms with Gasteiger partial charge < -0.3 is 14.7 Å². The van der Waals surface area contributed by atoms with Crippen LogP contribution in [-0.4, -0.2) is 55.7 Å². The number of carbonyl (C=O) groups excluding carboxylic acids is 1. The lowest BCUT2D eigenvalue weighted by molar-refractivity contribution is -0.140. The molecule has 1 saturated heterocycles. The fourth-order valence-electron chi connectivity index (χ4n) is 4.33. The van der Waals surface area contributed by atoms with E-state index in [0.29, 0.717) is 25.9 Å². The molecule has 2 aromatic rings. The molecule has 2 aromatic carbocycles. The summed E-state index contributed by atoms with van der Waals surface area (Å²) in [5, 5.41) is 9.77. The van der Waals surface area contributed by atoms with Gasteiger partial charge in [0.15, 0.2) is 0 Å². The zero-order valence-corrected chi connectivity index (χ0v) is 18.4. The van der Waals surface area contributed by atoms with E-state index in [9.17, 15) is 22.7 Å². The number of nitrogens with zero attached hydrogens (tertiary/aromatic N) is 1. The van der Waals surface area contributed by atoms with E-state index >= 15 is 0 Å². The minimum Gasteiger partial charge on any atom is -0.394 e. The van der Waals surface area contributed by atoms with E-state index in [4.69, 9.17) is 4.74 Å². The molecule has 0 unspecified atom stereocenters. The van der Waals surface area contributed by atoms with Gasteiger partial charge in [0.1, 0.15) is 5.82 Å². The second kappa shape index (κ2) is 9.66. The van der Waals surface area contributed by atoms with Gasteiger partial charge >= 0.3 is 0 Å². The Hall–Kier alpha value is -2.33. The van der Waals surface area contributed by atoms with Gasteiger partial charge in [0.2, 0.25) is 15.9 Å². The Labute approximate surface area is 187 Å². The number of nitrogens with one attached hydrogen (secondary N) is 1. The summed E-state index contributed by atoms with van der Waals surface area (Å²) in [6, 6.07) is 12.0. The van der Waals surface area contributed by atoms with E-state index < -0.39 is 28.0 Å². The van der Waals surface area contributed by atoms with Gasteiger partial charge in [-0.05, 0) is 54.7 Å². The highest BCUT2D eigenvalue weighted by atomic mass is 32.2. The average molecular weight is 463 g/mol. The number of hydrogen-bond donors (Lipinski definition) is 2. The van der Waals surface area contributed by atoms with Crippen molar-refractivity contribution >= 4 is 15.9 Å². The fraction of sp³-hybridized carbons (Fsp3) is 0.435. The van der Waals surface area contributed by atoms with Gasteiger partial charge in [0.25, 0.3) is 0 Å². The monoisotopic (exact) mass is 462 g/mol. The smallest absolute Gasteiger partial charge is 0.240 e. The van der Waals surface area contributed by atoms with Crippen LogP contribution in [-0.2, 0) is 32.5 Å². The molecule has 0 spiro atoms. The first kappa shape index (κ1) is 22.8. The molecule has 0 aliphatic carbocycles. The minimum atomic E-state index is -3.89. The Kier molecular flexibility index (Phi) is 6.90. The Balaban J connectivity index is 1.34. The van der Waals surface area contributed by atoms with Crippen molar-refractivity contribution in [3.05, 3.63) is 65.5 Å². The quantitative estimate of drug-likeness (QED) is 0.685. The molecule has 2 N–H and O–H groups in total. The van der Waals surface area contributed by atoms with E-state index in [1.807, 2.05) is 23.1 Å². The molecule has 2 aliphatic rings. The molecular formula is C23H27FN2O5S. The maximum Gasteiger partial charge on any atom is 0.240 e. The maximum absolute atomic E-state index is 13.1. The van der Waals surface area contributed by atoms with Gasteiger partial charge in [-0.25, -0.2) is 17.5 Å². The van der Waals surface area contributed by atoms with E-state index in [-0.39, 0.29) is 29.9 Å². The lowest BCUT2D eigenvalue weighted by Gasteiger charge is -2.37. The Morgan fingerprint density at radius 2 is 1.84 bits per heavy atom. The molecule has 32 heavy (non-hydrogen) atoms. The van der Waals surface area contributed by atoms with E-state index in [0.717, 1.165) is 24.1 Å². The summed E-state index contributed by atoms with van der Waals surface area (Å²) >= 11 is 0. The van der Waals surface area contributed by atoms with Crippen LogP contribution in [0, 0.1) is 5.82 Å². The summed E-state index contributed by atoms with van der Waals surface area (Å²) in [5.41, 5.74) is 2.42. The molecule has 9 heteroatoms. The van der Waals surface area contributed by atoms with Crippen molar-refractivity contribution in [1.82, 2.24) is 9.62 Å². The summed E-state index contributed by atoms with van der Waals surface area (Å²) < 4.78 is 46.8. The number of aliphatic hydroxyl groups excluding tert-OH is 1. The molecule has 4 rings (SSSR count). The van der Waals surface area contributed by atoms with Crippen molar-refractivity contribution in [1.29, 1.82) is 0 Å². The first-order valence-electron chi connectivity index (χ1n) is 10.7. The molecule has 3 atom stereocenters. The molecule has 0 saturated carbocycles. The number of rotatable bonds is 6. The predicted octanol–water partition coefficient (Wildman–Crippen LogP) is 1.99. The van der Waals surface area contributed by atoms with Crippen molar-refractivity contribution < 1.29 is 27.4 Å². The molecule has 172 valence electrons. The molecule has 1 amide bonds. The number of halogens is 1. The highest BCUT2D eigenvalue weighted by Crippen LogP contribution is 2.26. The Morgan fingerprint density at radius 3 is 2.56 bits per heavy atom. The van der Waals surface area contributed by atoms with Crippen molar-refractivity contribution in [2.75, 3.05) is 13.2 Å². The van der Waals surface area contributed by atoms with Crippen LogP contribution in [0.5, 0.6) is 0 Å². The second-order valence-corrected chi connectivity index (χ2v) is 9.99. The van der Waals surface area contributed by atoms with E-state index in [1.54, 1.807) is 0 Å². The lowest BCUT2D eigenvalue weighted by Crippen LogP contribution is -2.51. The minimum absolute atomic E-state index is 0.00784. The predicted molar refractivity (Wildman–Crippen MR) is 116 cm³/mol. The standard InChI is InChI=1S/C23H27FN2O5S/c24-18-5-8-20(9-6-18)32(29,30)25-21-10-7-19(31-22(21)15-27)13-23(28)26-12-11-16-3-1-2-4-17(16)14-26/h1-6,8-9,19,21-22,25,27H,7,10-15H2/t19-,21-,22+/m0/s1. The van der Waals surface area contributed by atoms with Crippen molar-refractivity contribution in [3.63, 3.8) is 0 Å². The van der Waals surface area contributed by atoms with Gasteiger partial charge in [-0.2, -0.15) is 0 Å². The number of ether oxygens (including phenoxy) is 1. The third-order valence-corrected chi connectivity index (χ3v) is 7.62. The van der Waals surface area contributed by atoms with Gasteiger partial charge in [-0.15, -0.1) is 0 Å². The number of carbonyl (C=O) groups is 1. The zero-order chi connectivity index (χ0) is 22.7. The Morgan fingerprint density at radius 1 is 1.12 bits per heavy atom. The number of amides is 1. The Bertz CT molecular complexity index is 1060. The van der Waals surface area contributed by atoms with Crippen LogP contribution in [0.3, 0.4) is 0 Å². The maximum atomic E-state index is 13.1. The topological polar surface area (TPSA) is 95.9 Å². The summed E-state index contributed by atoms with van der Waals surface area (Å²) in [4.78, 5) is 14.6.